The number of rotatable bonds is 6. The Kier molecular flexibility index (Phi) is 7.73. The fraction of sp³-hybridized carbons (Fsp3) is 0.302. The first kappa shape index (κ1) is 32.1. The maximum absolute atomic E-state index is 15.0. The number of hydrogen-bond acceptors (Lipinski definition) is 0. The molecule has 0 radical (unpaired) electrons. The summed E-state index contributed by atoms with van der Waals surface area (Å²) in [5.74, 6) is 1.28. The molecule has 0 atom stereocenters. The van der Waals surface area contributed by atoms with Crippen molar-refractivity contribution in [1.82, 2.24) is 9.13 Å². The highest BCUT2D eigenvalue weighted by molar-refractivity contribution is 6.11. The van der Waals surface area contributed by atoms with Gasteiger partial charge in [-0.1, -0.05) is 79.7 Å². The summed E-state index contributed by atoms with van der Waals surface area (Å²) in [5, 5.41) is 4.16. The number of benzene rings is 5. The molecule has 0 unspecified atom stereocenters. The van der Waals surface area contributed by atoms with Gasteiger partial charge >= 0.3 is 6.18 Å². The highest BCUT2D eigenvalue weighted by atomic mass is 19.4. The molecule has 0 amide bonds. The summed E-state index contributed by atoms with van der Waals surface area (Å²) < 4.78 is 48.9. The zero-order valence-electron chi connectivity index (χ0n) is 29.0. The molecule has 5 heteroatoms. The molecule has 7 aromatic rings. The molecule has 2 nitrogen and oxygen atoms in total. The number of fused-ring (bicyclic) bond motifs is 6. The van der Waals surface area contributed by atoms with Crippen LogP contribution in [0.15, 0.2) is 91.0 Å². The normalized spacial score (nSPS) is 12.8. The molecule has 0 saturated heterocycles. The standard InChI is InChI=1S/C43H43F3N2/c1-24(2)28-9-15-38-33(19-28)34-20-29(25(3)4)10-16-39(34)47(38)32-13-14-37(43(44,45)46)42(23-32)48-40-17-11-30(26(5)6)21-35(40)36-22-31(27(7)8)12-18-41(36)48/h9-27H,1-8H3. The average molecular weight is 645 g/mol. The Morgan fingerprint density at radius 2 is 0.750 bits per heavy atom. The van der Waals surface area contributed by atoms with Gasteiger partial charge in [-0.15, -0.1) is 0 Å². The van der Waals surface area contributed by atoms with Gasteiger partial charge in [-0.3, -0.25) is 0 Å². The van der Waals surface area contributed by atoms with Crippen molar-refractivity contribution >= 4 is 43.6 Å². The molecule has 246 valence electrons. The van der Waals surface area contributed by atoms with Crippen LogP contribution in [-0.4, -0.2) is 9.13 Å². The van der Waals surface area contributed by atoms with Gasteiger partial charge in [0, 0.05) is 27.2 Å². The summed E-state index contributed by atoms with van der Waals surface area (Å²) in [6.07, 6.45) is -4.55. The second-order valence-electron chi connectivity index (χ2n) is 14.6. The smallest absolute Gasteiger partial charge is 0.309 e. The van der Waals surface area contributed by atoms with Crippen LogP contribution in [0.5, 0.6) is 0 Å². The van der Waals surface area contributed by atoms with Gasteiger partial charge in [0.25, 0.3) is 0 Å². The van der Waals surface area contributed by atoms with Crippen molar-refractivity contribution in [2.45, 2.75) is 85.2 Å². The molecule has 5 aromatic carbocycles. The van der Waals surface area contributed by atoms with Gasteiger partial charge in [0.05, 0.1) is 33.3 Å². The lowest BCUT2D eigenvalue weighted by Crippen LogP contribution is -2.12. The zero-order chi connectivity index (χ0) is 34.2. The van der Waals surface area contributed by atoms with Crippen molar-refractivity contribution < 1.29 is 13.2 Å². The predicted octanol–water partition coefficient (Wildman–Crippen LogP) is 13.4. The lowest BCUT2D eigenvalue weighted by atomic mass is 9.98. The molecule has 48 heavy (non-hydrogen) atoms. The van der Waals surface area contributed by atoms with Crippen LogP contribution >= 0.6 is 0 Å². The minimum absolute atomic E-state index is 0.127. The Bertz CT molecular complexity index is 2210. The predicted molar refractivity (Wildman–Crippen MR) is 196 cm³/mol. The SMILES string of the molecule is CC(C)c1ccc2c(c1)c1cc(C(C)C)ccc1n2-c1ccc(C(F)(F)F)c(-n2c3ccc(C(C)C)cc3c3cc(C(C)C)ccc32)c1. The van der Waals surface area contributed by atoms with E-state index in [1.807, 2.05) is 16.7 Å². The topological polar surface area (TPSA) is 9.86 Å². The summed E-state index contributed by atoms with van der Waals surface area (Å²) in [5.41, 5.74) is 8.44. The van der Waals surface area contributed by atoms with Gasteiger partial charge in [-0.05, 0) is 113 Å². The van der Waals surface area contributed by atoms with Gasteiger partial charge in [-0.25, -0.2) is 0 Å². The molecular weight excluding hydrogens is 601 g/mol. The van der Waals surface area contributed by atoms with Crippen LogP contribution in [-0.2, 0) is 6.18 Å². The molecule has 0 aliphatic heterocycles. The first-order chi connectivity index (χ1) is 22.7. The molecule has 7 rings (SSSR count). The third-order valence-electron chi connectivity index (χ3n) is 10.1. The third kappa shape index (κ3) is 5.19. The maximum atomic E-state index is 15.0. The largest absolute Gasteiger partial charge is 0.418 e. The Labute approximate surface area is 280 Å². The molecule has 0 bridgehead atoms. The van der Waals surface area contributed by atoms with E-state index < -0.39 is 11.7 Å². The second kappa shape index (κ2) is 11.6. The van der Waals surface area contributed by atoms with Gasteiger partial charge in [0.1, 0.15) is 0 Å². The molecule has 0 N–H and O–H groups in total. The molecule has 0 aliphatic carbocycles. The van der Waals surface area contributed by atoms with Crippen LogP contribution < -0.4 is 0 Å². The lowest BCUT2D eigenvalue weighted by Gasteiger charge is -2.19. The minimum Gasteiger partial charge on any atom is -0.309 e. The van der Waals surface area contributed by atoms with Crippen LogP contribution in [0.2, 0.25) is 0 Å². The number of aromatic nitrogens is 2. The fourth-order valence-corrected chi connectivity index (χ4v) is 7.18. The van der Waals surface area contributed by atoms with E-state index in [2.05, 4.69) is 121 Å². The first-order valence-corrected chi connectivity index (χ1v) is 17.1. The van der Waals surface area contributed by atoms with Crippen LogP contribution in [0.4, 0.5) is 13.2 Å². The van der Waals surface area contributed by atoms with Crippen LogP contribution in [0, 0.1) is 0 Å². The Morgan fingerprint density at radius 1 is 0.417 bits per heavy atom. The van der Waals surface area contributed by atoms with Gasteiger partial charge in [0.15, 0.2) is 0 Å². The molecule has 2 heterocycles. The Morgan fingerprint density at radius 3 is 1.06 bits per heavy atom. The Balaban J connectivity index is 1.58. The molecule has 0 spiro atoms. The molecule has 0 fully saturated rings. The summed E-state index contributed by atoms with van der Waals surface area (Å²) in [4.78, 5) is 0. The van der Waals surface area contributed by atoms with E-state index in [4.69, 9.17) is 0 Å². The summed E-state index contributed by atoms with van der Waals surface area (Å²) in [7, 11) is 0. The Hall–Kier alpha value is -4.51. The molecular formula is C43H43F3N2. The first-order valence-electron chi connectivity index (χ1n) is 17.1. The summed E-state index contributed by atoms with van der Waals surface area (Å²) >= 11 is 0. The van der Waals surface area contributed by atoms with Gasteiger partial charge < -0.3 is 9.13 Å². The number of nitrogens with zero attached hydrogens (tertiary/aromatic N) is 2. The highest BCUT2D eigenvalue weighted by Crippen LogP contribution is 2.43. The molecule has 2 aromatic heterocycles. The van der Waals surface area contributed by atoms with E-state index in [0.29, 0.717) is 17.5 Å². The molecule has 0 saturated carbocycles. The summed E-state index contributed by atoms with van der Waals surface area (Å²) in [6, 6.07) is 30.1. The number of halogens is 3. The van der Waals surface area contributed by atoms with Crippen molar-refractivity contribution in [3.8, 4) is 11.4 Å². The maximum Gasteiger partial charge on any atom is 0.418 e. The van der Waals surface area contributed by atoms with Crippen molar-refractivity contribution in [2.75, 3.05) is 0 Å². The van der Waals surface area contributed by atoms with Crippen molar-refractivity contribution in [3.05, 3.63) is 119 Å². The van der Waals surface area contributed by atoms with Crippen molar-refractivity contribution in [2.24, 2.45) is 0 Å². The number of hydrogen-bond donors (Lipinski definition) is 0. The average Bonchev–Trinajstić information content (AvgIpc) is 3.55. The van der Waals surface area contributed by atoms with Crippen molar-refractivity contribution in [3.63, 3.8) is 0 Å². The van der Waals surface area contributed by atoms with E-state index in [9.17, 15) is 13.2 Å². The highest BCUT2D eigenvalue weighted by Gasteiger charge is 2.35. The van der Waals surface area contributed by atoms with E-state index in [-0.39, 0.29) is 17.5 Å². The van der Waals surface area contributed by atoms with E-state index in [1.54, 1.807) is 12.1 Å². The van der Waals surface area contributed by atoms with Gasteiger partial charge in [0.2, 0.25) is 0 Å². The quantitative estimate of drug-likeness (QED) is 0.170. The second-order valence-corrected chi connectivity index (χ2v) is 14.6. The molecule has 0 aliphatic rings. The lowest BCUT2D eigenvalue weighted by molar-refractivity contribution is -0.137. The number of alkyl halides is 3. The summed E-state index contributed by atoms with van der Waals surface area (Å²) in [6.45, 7) is 17.3. The van der Waals surface area contributed by atoms with Crippen molar-refractivity contribution in [1.29, 1.82) is 0 Å². The van der Waals surface area contributed by atoms with E-state index >= 15 is 0 Å². The van der Waals surface area contributed by atoms with E-state index in [0.717, 1.165) is 54.7 Å². The minimum atomic E-state index is -4.55. The van der Waals surface area contributed by atoms with Crippen LogP contribution in [0.1, 0.15) is 107 Å². The monoisotopic (exact) mass is 644 g/mol. The van der Waals surface area contributed by atoms with Crippen LogP contribution in [0.3, 0.4) is 0 Å². The van der Waals surface area contributed by atoms with Crippen LogP contribution in [0.25, 0.3) is 55.0 Å². The van der Waals surface area contributed by atoms with E-state index in [1.165, 1.54) is 17.2 Å². The third-order valence-corrected chi connectivity index (χ3v) is 10.1. The van der Waals surface area contributed by atoms with Gasteiger partial charge in [-0.2, -0.15) is 13.2 Å². The fourth-order valence-electron chi connectivity index (χ4n) is 7.18. The zero-order valence-corrected chi connectivity index (χ0v) is 29.0.